The van der Waals surface area contributed by atoms with Gasteiger partial charge in [-0.1, -0.05) is 12.1 Å². The number of likely N-dealkylation sites (tertiary alicyclic amines) is 1. The summed E-state index contributed by atoms with van der Waals surface area (Å²) in [6.07, 6.45) is 2.14. The van der Waals surface area contributed by atoms with Crippen LogP contribution in [0.1, 0.15) is 12.8 Å². The first-order valence-electron chi connectivity index (χ1n) is 7.03. The van der Waals surface area contributed by atoms with Crippen LogP contribution in [0.4, 0.5) is 11.4 Å². The first kappa shape index (κ1) is 15.4. The van der Waals surface area contributed by atoms with Crippen LogP contribution in [-0.2, 0) is 4.79 Å². The van der Waals surface area contributed by atoms with E-state index in [9.17, 15) is 14.9 Å². The van der Waals surface area contributed by atoms with E-state index >= 15 is 0 Å². The second kappa shape index (κ2) is 7.14. The van der Waals surface area contributed by atoms with Gasteiger partial charge in [0.25, 0.3) is 5.69 Å². The number of carbonyl (C=O) groups is 1. The van der Waals surface area contributed by atoms with Crippen LogP contribution in [0.25, 0.3) is 0 Å². The summed E-state index contributed by atoms with van der Waals surface area (Å²) in [6.45, 7) is 1.99. The van der Waals surface area contributed by atoms with Gasteiger partial charge in [0.15, 0.2) is 0 Å². The number of nitro benzene ring substituents is 1. The van der Waals surface area contributed by atoms with Crippen molar-refractivity contribution in [1.82, 2.24) is 10.2 Å². The minimum atomic E-state index is -0.491. The maximum Gasteiger partial charge on any atom is 0.292 e. The highest BCUT2D eigenvalue weighted by atomic mass is 16.6. The molecule has 0 aliphatic carbocycles. The van der Waals surface area contributed by atoms with Crippen molar-refractivity contribution in [2.75, 3.05) is 32.0 Å². The van der Waals surface area contributed by atoms with Gasteiger partial charge in [-0.2, -0.15) is 0 Å². The number of rotatable bonds is 6. The number of anilines is 1. The molecule has 1 aliphatic heterocycles. The Kier molecular flexibility index (Phi) is 5.24. The van der Waals surface area contributed by atoms with Crippen molar-refractivity contribution in [3.8, 4) is 0 Å². The number of amides is 1. The van der Waals surface area contributed by atoms with Crippen LogP contribution in [0, 0.1) is 10.1 Å². The summed E-state index contributed by atoms with van der Waals surface area (Å²) in [5.74, 6) is -0.215. The molecule has 1 unspecified atom stereocenters. The van der Waals surface area contributed by atoms with Crippen LogP contribution in [0.2, 0.25) is 0 Å². The van der Waals surface area contributed by atoms with Crippen LogP contribution in [0.15, 0.2) is 24.3 Å². The predicted octanol–water partition coefficient (Wildman–Crippen LogP) is 1.22. The number of nitrogens with zero attached hydrogens (tertiary/aromatic N) is 2. The number of likely N-dealkylation sites (N-methyl/N-ethyl adjacent to an activating group) is 1. The molecule has 0 bridgehead atoms. The second-order valence-corrected chi connectivity index (χ2v) is 5.15. The molecule has 2 N–H and O–H groups in total. The van der Waals surface area contributed by atoms with E-state index < -0.39 is 4.92 Å². The van der Waals surface area contributed by atoms with Gasteiger partial charge in [-0.3, -0.25) is 19.8 Å². The molecule has 1 amide bonds. The van der Waals surface area contributed by atoms with Crippen LogP contribution < -0.4 is 10.6 Å². The molecule has 1 fully saturated rings. The van der Waals surface area contributed by atoms with E-state index in [-0.39, 0.29) is 23.8 Å². The molecule has 1 atom stereocenters. The van der Waals surface area contributed by atoms with Gasteiger partial charge in [-0.15, -0.1) is 0 Å². The number of hydrogen-bond donors (Lipinski definition) is 2. The van der Waals surface area contributed by atoms with Gasteiger partial charge >= 0.3 is 0 Å². The van der Waals surface area contributed by atoms with Crippen LogP contribution in [-0.4, -0.2) is 48.5 Å². The number of nitrogens with one attached hydrogen (secondary N) is 2. The Hall–Kier alpha value is -1.99. The second-order valence-electron chi connectivity index (χ2n) is 5.15. The van der Waals surface area contributed by atoms with Crippen molar-refractivity contribution in [3.63, 3.8) is 0 Å². The lowest BCUT2D eigenvalue weighted by Gasteiger charge is -2.23. The van der Waals surface area contributed by atoms with E-state index in [1.165, 1.54) is 6.07 Å². The molecular weight excluding hydrogens is 272 g/mol. The third-order valence-electron chi connectivity index (χ3n) is 3.66. The Balaban J connectivity index is 1.97. The van der Waals surface area contributed by atoms with Crippen molar-refractivity contribution in [3.05, 3.63) is 34.4 Å². The van der Waals surface area contributed by atoms with Crippen molar-refractivity contribution >= 4 is 17.3 Å². The number of hydrogen-bond acceptors (Lipinski definition) is 5. The molecule has 2 rings (SSSR count). The van der Waals surface area contributed by atoms with E-state index in [0.717, 1.165) is 25.9 Å². The summed E-state index contributed by atoms with van der Waals surface area (Å²) in [4.78, 5) is 24.6. The fourth-order valence-electron chi connectivity index (χ4n) is 2.68. The topological polar surface area (TPSA) is 87.5 Å². The minimum Gasteiger partial charge on any atom is -0.319 e. The zero-order valence-electron chi connectivity index (χ0n) is 12.0. The van der Waals surface area contributed by atoms with Gasteiger partial charge in [0.05, 0.1) is 11.5 Å². The zero-order chi connectivity index (χ0) is 15.2. The molecule has 0 spiro atoms. The zero-order valence-corrected chi connectivity index (χ0v) is 12.0. The lowest BCUT2D eigenvalue weighted by molar-refractivity contribution is -0.383. The molecule has 1 aliphatic rings. The third kappa shape index (κ3) is 3.99. The van der Waals surface area contributed by atoms with Gasteiger partial charge in [0.1, 0.15) is 5.69 Å². The molecule has 1 aromatic rings. The Labute approximate surface area is 123 Å². The molecule has 7 nitrogen and oxygen atoms in total. The maximum absolute atomic E-state index is 12.1. The first-order chi connectivity index (χ1) is 10.1. The first-order valence-corrected chi connectivity index (χ1v) is 7.03. The molecular formula is C14H20N4O3. The molecule has 21 heavy (non-hydrogen) atoms. The fourth-order valence-corrected chi connectivity index (χ4v) is 2.68. The summed E-state index contributed by atoms with van der Waals surface area (Å²) >= 11 is 0. The highest BCUT2D eigenvalue weighted by Gasteiger charge is 2.26. The molecule has 114 valence electrons. The lowest BCUT2D eigenvalue weighted by Crippen LogP contribution is -2.41. The molecule has 0 aromatic heterocycles. The average molecular weight is 292 g/mol. The van der Waals surface area contributed by atoms with Crippen molar-refractivity contribution in [1.29, 1.82) is 0 Å². The quantitative estimate of drug-likeness (QED) is 0.608. The van der Waals surface area contributed by atoms with Crippen molar-refractivity contribution in [2.24, 2.45) is 0 Å². The summed E-state index contributed by atoms with van der Waals surface area (Å²) in [6, 6.07) is 6.53. The van der Waals surface area contributed by atoms with E-state index in [1.54, 1.807) is 18.2 Å². The van der Waals surface area contributed by atoms with Gasteiger partial charge in [0.2, 0.25) is 5.91 Å². The molecule has 1 aromatic carbocycles. The lowest BCUT2D eigenvalue weighted by atomic mass is 10.2. The van der Waals surface area contributed by atoms with E-state index in [1.807, 2.05) is 7.05 Å². The Morgan fingerprint density at radius 3 is 2.95 bits per heavy atom. The standard InChI is InChI=1S/C14H20N4O3/c1-15-9-11-5-4-8-17(11)10-14(19)16-12-6-2-3-7-13(12)18(20)21/h2-3,6-7,11,15H,4-5,8-10H2,1H3,(H,16,19). The summed E-state index contributed by atoms with van der Waals surface area (Å²) in [5.41, 5.74) is 0.163. The Morgan fingerprint density at radius 2 is 2.24 bits per heavy atom. The Bertz CT molecular complexity index is 521. The third-order valence-corrected chi connectivity index (χ3v) is 3.66. The van der Waals surface area contributed by atoms with E-state index in [2.05, 4.69) is 15.5 Å². The molecule has 1 saturated heterocycles. The SMILES string of the molecule is CNCC1CCCN1CC(=O)Nc1ccccc1[N+](=O)[O-]. The van der Waals surface area contributed by atoms with Crippen molar-refractivity contribution < 1.29 is 9.72 Å². The molecule has 0 saturated carbocycles. The summed E-state index contributed by atoms with van der Waals surface area (Å²) in [5, 5.41) is 16.7. The normalized spacial score (nSPS) is 18.6. The number of carbonyl (C=O) groups excluding carboxylic acids is 1. The highest BCUT2D eigenvalue weighted by molar-refractivity contribution is 5.94. The Morgan fingerprint density at radius 1 is 1.48 bits per heavy atom. The largest absolute Gasteiger partial charge is 0.319 e. The van der Waals surface area contributed by atoms with E-state index in [0.29, 0.717) is 6.04 Å². The number of nitro groups is 1. The molecule has 1 heterocycles. The predicted molar refractivity (Wildman–Crippen MR) is 80.2 cm³/mol. The molecule has 7 heteroatoms. The van der Waals surface area contributed by atoms with E-state index in [4.69, 9.17) is 0 Å². The smallest absolute Gasteiger partial charge is 0.292 e. The van der Waals surface area contributed by atoms with Crippen LogP contribution in [0.3, 0.4) is 0 Å². The van der Waals surface area contributed by atoms with Gasteiger partial charge < -0.3 is 10.6 Å². The fraction of sp³-hybridized carbons (Fsp3) is 0.500. The van der Waals surface area contributed by atoms with Gasteiger partial charge in [-0.05, 0) is 32.5 Å². The van der Waals surface area contributed by atoms with Gasteiger partial charge in [-0.25, -0.2) is 0 Å². The van der Waals surface area contributed by atoms with Gasteiger partial charge in [0, 0.05) is 18.7 Å². The average Bonchev–Trinajstić information content (AvgIpc) is 2.86. The monoisotopic (exact) mass is 292 g/mol. The van der Waals surface area contributed by atoms with Crippen LogP contribution in [0.5, 0.6) is 0 Å². The molecule has 0 radical (unpaired) electrons. The maximum atomic E-state index is 12.1. The summed E-state index contributed by atoms with van der Waals surface area (Å²) in [7, 11) is 1.89. The van der Waals surface area contributed by atoms with Crippen molar-refractivity contribution in [2.45, 2.75) is 18.9 Å². The summed E-state index contributed by atoms with van der Waals surface area (Å²) < 4.78 is 0. The number of para-hydroxylation sites is 2. The highest BCUT2D eigenvalue weighted by Crippen LogP contribution is 2.23. The van der Waals surface area contributed by atoms with Crippen LogP contribution >= 0.6 is 0 Å². The number of benzene rings is 1. The minimum absolute atomic E-state index is 0.0842.